The number of alkyl halides is 4. The van der Waals surface area contributed by atoms with Gasteiger partial charge in [-0.3, -0.25) is 9.59 Å². The van der Waals surface area contributed by atoms with Crippen molar-refractivity contribution in [3.63, 3.8) is 0 Å². The van der Waals surface area contributed by atoms with Crippen molar-refractivity contribution in [2.75, 3.05) is 17.3 Å². The summed E-state index contributed by atoms with van der Waals surface area (Å²) in [7, 11) is 0. The Morgan fingerprint density at radius 2 is 1.64 bits per heavy atom. The predicted molar refractivity (Wildman–Crippen MR) is 111 cm³/mol. The first-order chi connectivity index (χ1) is 15.3. The summed E-state index contributed by atoms with van der Waals surface area (Å²) in [5, 5.41) is 2.12. The van der Waals surface area contributed by atoms with Gasteiger partial charge < -0.3 is 10.2 Å². The number of nitrogens with zero attached hydrogens (tertiary/aromatic N) is 1. The van der Waals surface area contributed by atoms with Crippen LogP contribution in [0.15, 0.2) is 30.3 Å². The van der Waals surface area contributed by atoms with Gasteiger partial charge in [-0.05, 0) is 30.5 Å². The van der Waals surface area contributed by atoms with Crippen molar-refractivity contribution in [1.29, 1.82) is 0 Å². The van der Waals surface area contributed by atoms with Crippen molar-refractivity contribution in [3.05, 3.63) is 64.5 Å². The number of nitrogens with one attached hydrogen (secondary N) is 1. The van der Waals surface area contributed by atoms with Crippen LogP contribution in [0.5, 0.6) is 0 Å². The SMILES string of the molecule is CC(C)CCN(C(=O)CCl)c1cc(C(=O)NCc2c(F)cc(F)cc2F)cc(C(F)(F)F)c1. The van der Waals surface area contributed by atoms with Gasteiger partial charge in [0.05, 0.1) is 5.56 Å². The Labute approximate surface area is 191 Å². The van der Waals surface area contributed by atoms with E-state index in [2.05, 4.69) is 5.32 Å². The van der Waals surface area contributed by atoms with Gasteiger partial charge in [-0.1, -0.05) is 13.8 Å². The highest BCUT2D eigenvalue weighted by molar-refractivity contribution is 6.29. The molecule has 0 aliphatic rings. The Hall–Kier alpha value is -2.75. The standard InChI is InChI=1S/C22H21ClF6N2O2/c1-12(2)3-4-31(20(32)10-23)16-6-13(5-14(7-16)22(27,28)29)21(33)30-11-17-18(25)8-15(24)9-19(17)26/h5-9,12H,3-4,10-11H2,1-2H3,(H,30,33). The number of carbonyl (C=O) groups is 2. The Kier molecular flexibility index (Phi) is 8.76. The average molecular weight is 495 g/mol. The van der Waals surface area contributed by atoms with E-state index in [9.17, 15) is 35.9 Å². The monoisotopic (exact) mass is 494 g/mol. The molecule has 0 aromatic heterocycles. The number of halogens is 7. The zero-order valence-corrected chi connectivity index (χ0v) is 18.5. The maximum absolute atomic E-state index is 13.8. The highest BCUT2D eigenvalue weighted by Gasteiger charge is 2.33. The quantitative estimate of drug-likeness (QED) is 0.380. The van der Waals surface area contributed by atoms with Gasteiger partial charge >= 0.3 is 6.18 Å². The van der Waals surface area contributed by atoms with Gasteiger partial charge in [-0.15, -0.1) is 11.6 Å². The van der Waals surface area contributed by atoms with Crippen LogP contribution < -0.4 is 10.2 Å². The Balaban J connectivity index is 2.41. The van der Waals surface area contributed by atoms with E-state index in [-0.39, 0.29) is 18.2 Å². The molecule has 0 aliphatic carbocycles. The van der Waals surface area contributed by atoms with Crippen LogP contribution in [0.2, 0.25) is 0 Å². The number of amides is 2. The van der Waals surface area contributed by atoms with E-state index in [0.717, 1.165) is 17.0 Å². The van der Waals surface area contributed by atoms with Crippen molar-refractivity contribution in [1.82, 2.24) is 5.32 Å². The molecule has 0 aliphatic heterocycles. The number of anilines is 1. The Bertz CT molecular complexity index is 1000. The van der Waals surface area contributed by atoms with Gasteiger partial charge in [0.1, 0.15) is 23.3 Å². The molecule has 4 nitrogen and oxygen atoms in total. The van der Waals surface area contributed by atoms with Gasteiger partial charge in [0, 0.05) is 42.0 Å². The second-order valence-corrected chi connectivity index (χ2v) is 7.93. The van der Waals surface area contributed by atoms with Gasteiger partial charge in [-0.25, -0.2) is 13.2 Å². The van der Waals surface area contributed by atoms with Gasteiger partial charge in [0.2, 0.25) is 5.91 Å². The predicted octanol–water partition coefficient (Wildman–Crippen LogP) is 5.67. The highest BCUT2D eigenvalue weighted by atomic mass is 35.5. The fourth-order valence-electron chi connectivity index (χ4n) is 2.93. The summed E-state index contributed by atoms with van der Waals surface area (Å²) in [5.41, 5.74) is -2.53. The second-order valence-electron chi connectivity index (χ2n) is 7.66. The molecule has 180 valence electrons. The van der Waals surface area contributed by atoms with Crippen molar-refractivity contribution in [2.24, 2.45) is 5.92 Å². The first-order valence-electron chi connectivity index (χ1n) is 9.83. The smallest absolute Gasteiger partial charge is 0.348 e. The maximum atomic E-state index is 13.8. The minimum Gasteiger partial charge on any atom is -0.348 e. The normalized spacial score (nSPS) is 11.6. The van der Waals surface area contributed by atoms with Gasteiger partial charge in [0.15, 0.2) is 0 Å². The van der Waals surface area contributed by atoms with E-state index in [1.165, 1.54) is 0 Å². The van der Waals surface area contributed by atoms with E-state index in [4.69, 9.17) is 11.6 Å². The number of hydrogen-bond donors (Lipinski definition) is 1. The Morgan fingerprint density at radius 1 is 1.03 bits per heavy atom. The molecule has 0 bridgehead atoms. The summed E-state index contributed by atoms with van der Waals surface area (Å²) in [4.78, 5) is 25.9. The molecule has 2 rings (SSSR count). The molecule has 0 saturated carbocycles. The molecule has 0 heterocycles. The van der Waals surface area contributed by atoms with Crippen LogP contribution in [0, 0.1) is 23.4 Å². The van der Waals surface area contributed by atoms with Crippen LogP contribution in [-0.2, 0) is 17.5 Å². The largest absolute Gasteiger partial charge is 0.416 e. The van der Waals surface area contributed by atoms with Crippen LogP contribution in [0.4, 0.5) is 32.0 Å². The molecule has 0 fully saturated rings. The minimum atomic E-state index is -4.84. The van der Waals surface area contributed by atoms with Gasteiger partial charge in [-0.2, -0.15) is 13.2 Å². The lowest BCUT2D eigenvalue weighted by atomic mass is 10.1. The molecule has 0 spiro atoms. The first-order valence-corrected chi connectivity index (χ1v) is 10.4. The lowest BCUT2D eigenvalue weighted by Gasteiger charge is -2.24. The summed E-state index contributed by atoms with van der Waals surface area (Å²) in [6.45, 7) is 3.06. The van der Waals surface area contributed by atoms with E-state index in [0.29, 0.717) is 24.6 Å². The Morgan fingerprint density at radius 3 is 2.15 bits per heavy atom. The van der Waals surface area contributed by atoms with Crippen LogP contribution >= 0.6 is 11.6 Å². The van der Waals surface area contributed by atoms with Crippen molar-refractivity contribution < 1.29 is 35.9 Å². The molecule has 0 radical (unpaired) electrons. The molecule has 2 aromatic rings. The summed E-state index contributed by atoms with van der Waals surface area (Å²) in [5.74, 6) is -5.77. The molecule has 0 unspecified atom stereocenters. The van der Waals surface area contributed by atoms with Crippen molar-refractivity contribution in [3.8, 4) is 0 Å². The third-order valence-corrected chi connectivity index (χ3v) is 4.92. The van der Waals surface area contributed by atoms with Crippen LogP contribution in [-0.4, -0.2) is 24.2 Å². The van der Waals surface area contributed by atoms with Crippen LogP contribution in [0.25, 0.3) is 0 Å². The third-order valence-electron chi connectivity index (χ3n) is 4.70. The second kappa shape index (κ2) is 10.9. The minimum absolute atomic E-state index is 0.0671. The van der Waals surface area contributed by atoms with E-state index < -0.39 is 64.6 Å². The molecule has 11 heteroatoms. The molecule has 0 atom stereocenters. The zero-order valence-electron chi connectivity index (χ0n) is 17.7. The molecule has 33 heavy (non-hydrogen) atoms. The van der Waals surface area contributed by atoms with Crippen molar-refractivity contribution in [2.45, 2.75) is 33.0 Å². The molecule has 2 amide bonds. The van der Waals surface area contributed by atoms with Crippen LogP contribution in [0.1, 0.15) is 41.8 Å². The topological polar surface area (TPSA) is 49.4 Å². The molecular formula is C22H21ClF6N2O2. The number of benzene rings is 2. The third kappa shape index (κ3) is 7.12. The summed E-state index contributed by atoms with van der Waals surface area (Å²) >= 11 is 5.61. The van der Waals surface area contributed by atoms with E-state index in [1.807, 2.05) is 13.8 Å². The molecule has 1 N–H and O–H groups in total. The zero-order chi connectivity index (χ0) is 24.9. The van der Waals surface area contributed by atoms with Crippen molar-refractivity contribution >= 4 is 29.1 Å². The summed E-state index contributed by atoms with van der Waals surface area (Å²) in [6.07, 6.45) is -4.38. The fourth-order valence-corrected chi connectivity index (χ4v) is 3.07. The molecule has 2 aromatic carbocycles. The number of hydrogen-bond acceptors (Lipinski definition) is 2. The molecular weight excluding hydrogens is 474 g/mol. The lowest BCUT2D eigenvalue weighted by molar-refractivity contribution is -0.137. The maximum Gasteiger partial charge on any atom is 0.416 e. The summed E-state index contributed by atoms with van der Waals surface area (Å²) in [6, 6.07) is 3.17. The average Bonchev–Trinajstić information content (AvgIpc) is 2.71. The fraction of sp³-hybridized carbons (Fsp3) is 0.364. The van der Waals surface area contributed by atoms with Crippen LogP contribution in [0.3, 0.4) is 0 Å². The molecule has 0 saturated heterocycles. The highest BCUT2D eigenvalue weighted by Crippen LogP contribution is 2.33. The van der Waals surface area contributed by atoms with E-state index >= 15 is 0 Å². The van der Waals surface area contributed by atoms with E-state index in [1.54, 1.807) is 0 Å². The summed E-state index contributed by atoms with van der Waals surface area (Å²) < 4.78 is 81.0. The number of rotatable bonds is 8. The van der Waals surface area contributed by atoms with Gasteiger partial charge in [0.25, 0.3) is 5.91 Å². The lowest BCUT2D eigenvalue weighted by Crippen LogP contribution is -2.34. The first kappa shape index (κ1) is 26.5. The number of carbonyl (C=O) groups excluding carboxylic acids is 2.